The van der Waals surface area contributed by atoms with E-state index in [0.29, 0.717) is 41.3 Å². The summed E-state index contributed by atoms with van der Waals surface area (Å²) in [7, 11) is 0. The Morgan fingerprint density at radius 1 is 0.676 bits per heavy atom. The molecule has 0 amide bonds. The predicted molar refractivity (Wildman–Crippen MR) is 131 cm³/mol. The molecule has 4 heterocycles. The van der Waals surface area contributed by atoms with E-state index in [9.17, 15) is 0 Å². The van der Waals surface area contributed by atoms with Gasteiger partial charge in [0.1, 0.15) is 16.3 Å². The molecule has 0 aliphatic rings. The Labute approximate surface area is 205 Å². The molecule has 0 radical (unpaired) electrons. The van der Waals surface area contributed by atoms with Gasteiger partial charge in [0.2, 0.25) is 24.1 Å². The Hall–Kier alpha value is -2.95. The van der Waals surface area contributed by atoms with E-state index < -0.39 is 0 Å². The highest BCUT2D eigenvalue weighted by Gasteiger charge is 2.05. The molecule has 188 valence electrons. The molecule has 10 nitrogen and oxygen atoms in total. The van der Waals surface area contributed by atoms with Crippen LogP contribution in [0.1, 0.15) is 113 Å². The minimum absolute atomic E-state index is 0.339. The van der Waals surface area contributed by atoms with Crippen LogP contribution in [0.2, 0.25) is 0 Å². The topological polar surface area (TPSA) is 130 Å². The van der Waals surface area contributed by atoms with Crippen molar-refractivity contribution in [2.24, 2.45) is 0 Å². The molecule has 0 atom stereocenters. The lowest BCUT2D eigenvalue weighted by atomic mass is 10.2. The molecule has 0 unspecified atom stereocenters. The Balaban J connectivity index is 0.000000227. The van der Waals surface area contributed by atoms with Gasteiger partial charge >= 0.3 is 0 Å². The average molecular weight is 492 g/mol. The van der Waals surface area contributed by atoms with Gasteiger partial charge in [0.15, 0.2) is 5.89 Å². The summed E-state index contributed by atoms with van der Waals surface area (Å²) in [6.45, 7) is 20.1. The van der Waals surface area contributed by atoms with Crippen molar-refractivity contribution in [3.8, 4) is 0 Å². The van der Waals surface area contributed by atoms with E-state index >= 15 is 0 Å². The molecule has 4 aromatic heterocycles. The zero-order valence-corrected chi connectivity index (χ0v) is 22.6. The molecular formula is C23H37N7O3S. The molecule has 11 heteroatoms. The lowest BCUT2D eigenvalue weighted by Crippen LogP contribution is -1.85. The van der Waals surface area contributed by atoms with E-state index in [2.05, 4.69) is 63.3 Å². The SMILES string of the molecule is CC(C)c1nnco1.CC(C)c1nncs1.Cc1cnc(C(C)C)o1.Cc1nnc(C(C)C)o1. The zero-order valence-electron chi connectivity index (χ0n) is 21.8. The largest absolute Gasteiger partial charge is 0.446 e. The van der Waals surface area contributed by atoms with E-state index in [0.717, 1.165) is 16.7 Å². The fourth-order valence-electron chi connectivity index (χ4n) is 2.05. The van der Waals surface area contributed by atoms with Crippen LogP contribution in [0.3, 0.4) is 0 Å². The number of rotatable bonds is 4. The number of aryl methyl sites for hydroxylation is 2. The Morgan fingerprint density at radius 3 is 1.56 bits per heavy atom. The lowest BCUT2D eigenvalue weighted by molar-refractivity contribution is 0.447. The Bertz CT molecular complexity index is 925. The molecule has 4 aromatic rings. The van der Waals surface area contributed by atoms with Crippen molar-refractivity contribution in [2.45, 2.75) is 92.9 Å². The van der Waals surface area contributed by atoms with Crippen LogP contribution in [-0.4, -0.2) is 35.6 Å². The van der Waals surface area contributed by atoms with Gasteiger partial charge in [-0.2, -0.15) is 0 Å². The molecule has 34 heavy (non-hydrogen) atoms. The summed E-state index contributed by atoms with van der Waals surface area (Å²) in [4.78, 5) is 4.05. The standard InChI is InChI=1S/C7H11NO.C6H10N2O.C5H8N2O.C5H8N2S/c1-5(2)7-8-4-6(3)9-7;1-4(2)6-8-7-5(3)9-6;2*1-4(2)5-7-6-3-8-5/h4-5H,1-3H3;4H,1-3H3;2*3-4H,1-2H3. The fraction of sp³-hybridized carbons (Fsp3) is 0.609. The molecule has 0 N–H and O–H groups in total. The van der Waals surface area contributed by atoms with Gasteiger partial charge in [0.05, 0.1) is 6.20 Å². The second-order valence-electron chi connectivity index (χ2n) is 8.64. The normalized spacial score (nSPS) is 10.5. The van der Waals surface area contributed by atoms with Crippen molar-refractivity contribution in [3.05, 3.63) is 52.4 Å². The van der Waals surface area contributed by atoms with Gasteiger partial charge < -0.3 is 13.3 Å². The highest BCUT2D eigenvalue weighted by molar-refractivity contribution is 7.09. The number of hydrogen-bond donors (Lipinski definition) is 0. The van der Waals surface area contributed by atoms with Crippen molar-refractivity contribution in [1.82, 2.24) is 35.6 Å². The van der Waals surface area contributed by atoms with Crippen molar-refractivity contribution >= 4 is 11.3 Å². The molecule has 0 bridgehead atoms. The van der Waals surface area contributed by atoms with Crippen molar-refractivity contribution in [2.75, 3.05) is 0 Å². The van der Waals surface area contributed by atoms with Crippen LogP contribution in [0.15, 0.2) is 31.4 Å². The van der Waals surface area contributed by atoms with Crippen LogP contribution in [0, 0.1) is 13.8 Å². The van der Waals surface area contributed by atoms with Gasteiger partial charge in [-0.15, -0.1) is 41.9 Å². The van der Waals surface area contributed by atoms with E-state index in [1.54, 1.807) is 30.0 Å². The van der Waals surface area contributed by atoms with Crippen LogP contribution in [-0.2, 0) is 0 Å². The number of nitrogens with zero attached hydrogens (tertiary/aromatic N) is 7. The van der Waals surface area contributed by atoms with Crippen molar-refractivity contribution < 1.29 is 13.3 Å². The summed E-state index contributed by atoms with van der Waals surface area (Å²) in [6.07, 6.45) is 3.09. The molecule has 4 rings (SSSR count). The van der Waals surface area contributed by atoms with E-state index in [1.165, 1.54) is 6.39 Å². The number of aromatic nitrogens is 7. The quantitative estimate of drug-likeness (QED) is 0.313. The molecule has 0 aliphatic heterocycles. The third kappa shape index (κ3) is 11.3. The summed E-state index contributed by atoms with van der Waals surface area (Å²) in [6, 6.07) is 0. The zero-order chi connectivity index (χ0) is 25.7. The average Bonchev–Trinajstić information content (AvgIpc) is 3.55. The van der Waals surface area contributed by atoms with Gasteiger partial charge in [-0.25, -0.2) is 4.98 Å². The highest BCUT2D eigenvalue weighted by atomic mass is 32.1. The molecule has 0 fully saturated rings. The van der Waals surface area contributed by atoms with E-state index in [-0.39, 0.29) is 0 Å². The summed E-state index contributed by atoms with van der Waals surface area (Å²) >= 11 is 1.61. The maximum absolute atomic E-state index is 5.23. The highest BCUT2D eigenvalue weighted by Crippen LogP contribution is 2.14. The second-order valence-corrected chi connectivity index (χ2v) is 9.51. The van der Waals surface area contributed by atoms with Crippen LogP contribution in [0.25, 0.3) is 0 Å². The second kappa shape index (κ2) is 15.0. The van der Waals surface area contributed by atoms with Gasteiger partial charge in [-0.3, -0.25) is 0 Å². The Kier molecular flexibility index (Phi) is 12.9. The molecular weight excluding hydrogens is 454 g/mol. The Morgan fingerprint density at radius 2 is 1.32 bits per heavy atom. The number of hydrogen-bond acceptors (Lipinski definition) is 11. The lowest BCUT2D eigenvalue weighted by Gasteiger charge is -1.93. The smallest absolute Gasteiger partial charge is 0.219 e. The van der Waals surface area contributed by atoms with Crippen LogP contribution < -0.4 is 0 Å². The molecule has 0 saturated carbocycles. The van der Waals surface area contributed by atoms with Crippen LogP contribution >= 0.6 is 11.3 Å². The third-order valence-corrected chi connectivity index (χ3v) is 4.90. The van der Waals surface area contributed by atoms with E-state index in [1.807, 2.05) is 34.6 Å². The first-order chi connectivity index (χ1) is 16.0. The molecule has 0 aliphatic carbocycles. The first kappa shape index (κ1) is 29.1. The molecule has 0 saturated heterocycles. The molecule has 0 aromatic carbocycles. The number of oxazole rings is 1. The van der Waals surface area contributed by atoms with Gasteiger partial charge in [-0.1, -0.05) is 55.4 Å². The first-order valence-electron chi connectivity index (χ1n) is 11.3. The third-order valence-electron chi connectivity index (χ3n) is 3.91. The summed E-state index contributed by atoms with van der Waals surface area (Å²) in [5, 5.41) is 23.5. The molecule has 0 spiro atoms. The van der Waals surface area contributed by atoms with Crippen molar-refractivity contribution in [3.63, 3.8) is 0 Å². The monoisotopic (exact) mass is 491 g/mol. The minimum Gasteiger partial charge on any atom is -0.446 e. The fourth-order valence-corrected chi connectivity index (χ4v) is 2.62. The maximum atomic E-state index is 5.23. The van der Waals surface area contributed by atoms with Crippen LogP contribution in [0.4, 0.5) is 0 Å². The summed E-state index contributed by atoms with van der Waals surface area (Å²) in [5.74, 6) is 5.38. The van der Waals surface area contributed by atoms with Gasteiger partial charge in [0, 0.05) is 30.6 Å². The predicted octanol–water partition coefficient (Wildman–Crippen LogP) is 6.46. The maximum Gasteiger partial charge on any atom is 0.219 e. The minimum atomic E-state index is 0.339. The summed E-state index contributed by atoms with van der Waals surface area (Å²) in [5.41, 5.74) is 1.76. The van der Waals surface area contributed by atoms with Gasteiger partial charge in [-0.05, 0) is 6.92 Å². The van der Waals surface area contributed by atoms with Crippen molar-refractivity contribution in [1.29, 1.82) is 0 Å². The van der Waals surface area contributed by atoms with Gasteiger partial charge in [0.25, 0.3) is 0 Å². The van der Waals surface area contributed by atoms with Crippen LogP contribution in [0.5, 0.6) is 0 Å². The first-order valence-corrected chi connectivity index (χ1v) is 12.1. The van der Waals surface area contributed by atoms with E-state index in [4.69, 9.17) is 13.3 Å². The summed E-state index contributed by atoms with van der Waals surface area (Å²) < 4.78 is 15.2.